The summed E-state index contributed by atoms with van der Waals surface area (Å²) in [6.07, 6.45) is 0. The molecule has 132 valence electrons. The van der Waals surface area contributed by atoms with E-state index in [4.69, 9.17) is 0 Å². The van der Waals surface area contributed by atoms with E-state index in [2.05, 4.69) is 32.6 Å². The lowest BCUT2D eigenvalue weighted by atomic mass is 10.1. The van der Waals surface area contributed by atoms with E-state index in [0.29, 0.717) is 0 Å². The van der Waals surface area contributed by atoms with E-state index in [9.17, 15) is 9.59 Å². The Hall–Kier alpha value is -2.08. The molecule has 0 unspecified atom stereocenters. The van der Waals surface area contributed by atoms with Crippen LogP contribution < -0.4 is 15.5 Å². The molecule has 1 aliphatic rings. The van der Waals surface area contributed by atoms with E-state index in [1.807, 2.05) is 45.9 Å². The van der Waals surface area contributed by atoms with Crippen LogP contribution in [0.15, 0.2) is 30.3 Å². The molecule has 0 aliphatic carbocycles. The smallest absolute Gasteiger partial charge is 0.321 e. The molecule has 1 fully saturated rings. The van der Waals surface area contributed by atoms with Crippen LogP contribution in [-0.4, -0.2) is 54.6 Å². The zero-order valence-electron chi connectivity index (χ0n) is 15.0. The van der Waals surface area contributed by atoms with Crippen LogP contribution >= 0.6 is 0 Å². The van der Waals surface area contributed by atoms with Crippen LogP contribution in [0.3, 0.4) is 0 Å². The number of anilines is 1. The predicted molar refractivity (Wildman–Crippen MR) is 96.1 cm³/mol. The third-order valence-electron chi connectivity index (χ3n) is 4.09. The Labute approximate surface area is 144 Å². The number of rotatable bonds is 3. The maximum absolute atomic E-state index is 12.3. The Kier molecular flexibility index (Phi) is 5.83. The van der Waals surface area contributed by atoms with Crippen molar-refractivity contribution < 1.29 is 9.59 Å². The van der Waals surface area contributed by atoms with Gasteiger partial charge in [0.15, 0.2) is 0 Å². The van der Waals surface area contributed by atoms with Crippen molar-refractivity contribution in [2.24, 2.45) is 0 Å². The number of nitrogens with one attached hydrogen (secondary N) is 2. The fraction of sp³-hybridized carbons (Fsp3) is 0.556. The van der Waals surface area contributed by atoms with Gasteiger partial charge >= 0.3 is 6.03 Å². The van der Waals surface area contributed by atoms with Crippen molar-refractivity contribution in [3.05, 3.63) is 30.3 Å². The number of hydrogen-bond donors (Lipinski definition) is 2. The first kappa shape index (κ1) is 18.3. The number of urea groups is 1. The zero-order chi connectivity index (χ0) is 17.7. The number of piperazine rings is 1. The quantitative estimate of drug-likeness (QED) is 0.886. The number of benzene rings is 1. The number of para-hydroxylation sites is 1. The number of carbonyl (C=O) groups excluding carboxylic acids is 2. The minimum atomic E-state index is -0.442. The topological polar surface area (TPSA) is 64.7 Å². The molecule has 0 aromatic heterocycles. The Morgan fingerprint density at radius 2 is 1.62 bits per heavy atom. The van der Waals surface area contributed by atoms with Crippen LogP contribution in [-0.2, 0) is 4.79 Å². The molecule has 24 heavy (non-hydrogen) atoms. The van der Waals surface area contributed by atoms with E-state index < -0.39 is 6.03 Å². The van der Waals surface area contributed by atoms with Gasteiger partial charge in [-0.2, -0.15) is 0 Å². The van der Waals surface area contributed by atoms with Crippen molar-refractivity contribution in [3.63, 3.8) is 0 Å². The second-order valence-electron chi connectivity index (χ2n) is 7.23. The van der Waals surface area contributed by atoms with Gasteiger partial charge in [0.25, 0.3) is 0 Å². The molecule has 1 aliphatic heterocycles. The Morgan fingerprint density at radius 1 is 1.04 bits per heavy atom. The van der Waals surface area contributed by atoms with Crippen molar-refractivity contribution in [2.45, 2.75) is 39.3 Å². The molecule has 0 bridgehead atoms. The molecule has 3 amide bonds. The van der Waals surface area contributed by atoms with Gasteiger partial charge in [0.05, 0.1) is 6.04 Å². The van der Waals surface area contributed by atoms with Gasteiger partial charge in [-0.15, -0.1) is 0 Å². The number of carbonyl (C=O) groups is 2. The first-order valence-electron chi connectivity index (χ1n) is 8.43. The second-order valence-corrected chi connectivity index (χ2v) is 7.23. The summed E-state index contributed by atoms with van der Waals surface area (Å²) in [5.41, 5.74) is 0.841. The highest BCUT2D eigenvalue weighted by molar-refractivity contribution is 5.97. The largest absolute Gasteiger partial charge is 0.369 e. The molecule has 1 atom stereocenters. The maximum Gasteiger partial charge on any atom is 0.321 e. The van der Waals surface area contributed by atoms with E-state index >= 15 is 0 Å². The van der Waals surface area contributed by atoms with Gasteiger partial charge in [0.2, 0.25) is 5.91 Å². The van der Waals surface area contributed by atoms with E-state index in [1.165, 1.54) is 5.69 Å². The maximum atomic E-state index is 12.3. The van der Waals surface area contributed by atoms with Crippen molar-refractivity contribution in [1.29, 1.82) is 0 Å². The highest BCUT2D eigenvalue weighted by Crippen LogP contribution is 2.16. The first-order chi connectivity index (χ1) is 11.3. The summed E-state index contributed by atoms with van der Waals surface area (Å²) in [6.45, 7) is 10.8. The molecule has 2 rings (SSSR count). The lowest BCUT2D eigenvalue weighted by Gasteiger charge is -2.38. The van der Waals surface area contributed by atoms with Crippen molar-refractivity contribution in [3.8, 4) is 0 Å². The Balaban J connectivity index is 1.82. The standard InChI is InChI=1S/C18H28N4O2/c1-14(16(23)19-17(24)20-18(2,3)4)21-10-12-22(13-11-21)15-8-6-5-7-9-15/h5-9,14H,10-13H2,1-4H3,(H2,19,20,23,24)/t14-/m1/s1. The monoisotopic (exact) mass is 332 g/mol. The first-order valence-corrected chi connectivity index (χ1v) is 8.43. The fourth-order valence-electron chi connectivity index (χ4n) is 2.76. The summed E-state index contributed by atoms with van der Waals surface area (Å²) < 4.78 is 0. The third kappa shape index (κ3) is 5.23. The summed E-state index contributed by atoms with van der Waals surface area (Å²) in [7, 11) is 0. The van der Waals surface area contributed by atoms with Gasteiger partial charge < -0.3 is 10.2 Å². The molecule has 6 nitrogen and oxygen atoms in total. The van der Waals surface area contributed by atoms with Gasteiger partial charge in [-0.3, -0.25) is 15.0 Å². The average molecular weight is 332 g/mol. The minimum absolute atomic E-state index is 0.259. The summed E-state index contributed by atoms with van der Waals surface area (Å²) in [4.78, 5) is 28.5. The molecule has 0 saturated carbocycles. The lowest BCUT2D eigenvalue weighted by Crippen LogP contribution is -2.56. The molecule has 1 aromatic carbocycles. The molecule has 0 radical (unpaired) electrons. The lowest BCUT2D eigenvalue weighted by molar-refractivity contribution is -0.124. The summed E-state index contributed by atoms with van der Waals surface area (Å²) in [5, 5.41) is 5.17. The van der Waals surface area contributed by atoms with Crippen molar-refractivity contribution in [2.75, 3.05) is 31.1 Å². The minimum Gasteiger partial charge on any atom is -0.369 e. The molecule has 6 heteroatoms. The third-order valence-corrected chi connectivity index (χ3v) is 4.09. The van der Waals surface area contributed by atoms with Crippen LogP contribution in [0.5, 0.6) is 0 Å². The number of nitrogens with zero attached hydrogens (tertiary/aromatic N) is 2. The summed E-state index contributed by atoms with van der Waals surface area (Å²) in [5.74, 6) is -0.259. The molecule has 2 N–H and O–H groups in total. The average Bonchev–Trinajstić information content (AvgIpc) is 2.53. The second kappa shape index (κ2) is 7.66. The number of imide groups is 1. The van der Waals surface area contributed by atoms with E-state index in [-0.39, 0.29) is 17.5 Å². The highest BCUT2D eigenvalue weighted by atomic mass is 16.2. The van der Waals surface area contributed by atoms with Crippen LogP contribution in [0.2, 0.25) is 0 Å². The van der Waals surface area contributed by atoms with Gasteiger partial charge in [-0.25, -0.2) is 4.79 Å². The van der Waals surface area contributed by atoms with Gasteiger partial charge in [0, 0.05) is 37.4 Å². The normalized spacial score (nSPS) is 17.2. The number of amides is 3. The van der Waals surface area contributed by atoms with E-state index in [1.54, 1.807) is 0 Å². The summed E-state index contributed by atoms with van der Waals surface area (Å²) in [6, 6.07) is 9.51. The molecule has 1 saturated heterocycles. The summed E-state index contributed by atoms with van der Waals surface area (Å²) >= 11 is 0. The van der Waals surface area contributed by atoms with Crippen molar-refractivity contribution >= 4 is 17.6 Å². The Morgan fingerprint density at radius 3 is 2.17 bits per heavy atom. The molecule has 1 heterocycles. The Bertz CT molecular complexity index is 560. The SMILES string of the molecule is C[C@H](C(=O)NC(=O)NC(C)(C)C)N1CCN(c2ccccc2)CC1. The molecular formula is C18H28N4O2. The van der Waals surface area contributed by atoms with Crippen LogP contribution in [0.4, 0.5) is 10.5 Å². The zero-order valence-corrected chi connectivity index (χ0v) is 15.0. The van der Waals surface area contributed by atoms with Gasteiger partial charge in [-0.1, -0.05) is 18.2 Å². The molecule has 1 aromatic rings. The van der Waals surface area contributed by atoms with E-state index in [0.717, 1.165) is 26.2 Å². The fourth-order valence-corrected chi connectivity index (χ4v) is 2.76. The van der Waals surface area contributed by atoms with Crippen molar-refractivity contribution in [1.82, 2.24) is 15.5 Å². The number of hydrogen-bond acceptors (Lipinski definition) is 4. The highest BCUT2D eigenvalue weighted by Gasteiger charge is 2.27. The van der Waals surface area contributed by atoms with Crippen LogP contribution in [0.1, 0.15) is 27.7 Å². The van der Waals surface area contributed by atoms with Crippen LogP contribution in [0, 0.1) is 0 Å². The van der Waals surface area contributed by atoms with Crippen LogP contribution in [0.25, 0.3) is 0 Å². The molecule has 0 spiro atoms. The predicted octanol–water partition coefficient (Wildman–Crippen LogP) is 1.82. The molecular weight excluding hydrogens is 304 g/mol. The van der Waals surface area contributed by atoms with Gasteiger partial charge in [0.1, 0.15) is 0 Å². The van der Waals surface area contributed by atoms with Gasteiger partial charge in [-0.05, 0) is 39.8 Å².